The lowest BCUT2D eigenvalue weighted by atomic mass is 9.93. The fourth-order valence-corrected chi connectivity index (χ4v) is 3.38. The lowest BCUT2D eigenvalue weighted by Gasteiger charge is -2.09. The number of hydrogen-bond donors (Lipinski definition) is 0. The molecule has 0 spiro atoms. The normalized spacial score (nSPS) is 13.3. The van der Waals surface area contributed by atoms with Crippen molar-refractivity contribution >= 4 is 16.9 Å². The van der Waals surface area contributed by atoms with Gasteiger partial charge in [0.15, 0.2) is 5.78 Å². The van der Waals surface area contributed by atoms with Crippen molar-refractivity contribution < 1.29 is 4.79 Å². The van der Waals surface area contributed by atoms with Crippen LogP contribution in [0.5, 0.6) is 0 Å². The minimum atomic E-state index is 0.117. The van der Waals surface area contributed by atoms with Gasteiger partial charge in [0.05, 0.1) is 0 Å². The van der Waals surface area contributed by atoms with E-state index in [1.165, 1.54) is 5.56 Å². The van der Waals surface area contributed by atoms with E-state index in [0.29, 0.717) is 0 Å². The molecular formula is C23H18O. The first-order valence-corrected chi connectivity index (χ1v) is 8.17. The molecule has 3 aromatic carbocycles. The van der Waals surface area contributed by atoms with Gasteiger partial charge in [-0.1, -0.05) is 83.9 Å². The molecule has 1 nitrogen and oxygen atoms in total. The van der Waals surface area contributed by atoms with Crippen molar-refractivity contribution in [1.82, 2.24) is 0 Å². The minimum absolute atomic E-state index is 0.117. The number of rotatable bonds is 2. The van der Waals surface area contributed by atoms with Crippen molar-refractivity contribution in [2.45, 2.75) is 13.8 Å². The Morgan fingerprint density at radius 2 is 1.29 bits per heavy atom. The second-order valence-corrected chi connectivity index (χ2v) is 6.36. The van der Waals surface area contributed by atoms with Crippen LogP contribution < -0.4 is 0 Å². The monoisotopic (exact) mass is 310 g/mol. The third-order valence-corrected chi connectivity index (χ3v) is 4.57. The molecule has 24 heavy (non-hydrogen) atoms. The summed E-state index contributed by atoms with van der Waals surface area (Å²) in [5, 5.41) is 0. The van der Waals surface area contributed by atoms with Crippen molar-refractivity contribution in [3.63, 3.8) is 0 Å². The Labute approximate surface area is 142 Å². The molecule has 1 aliphatic carbocycles. The lowest BCUT2D eigenvalue weighted by molar-refractivity contribution is 0.105. The summed E-state index contributed by atoms with van der Waals surface area (Å²) in [4.78, 5) is 13.1. The van der Waals surface area contributed by atoms with Gasteiger partial charge in [-0.25, -0.2) is 0 Å². The highest BCUT2D eigenvalue weighted by atomic mass is 16.1. The van der Waals surface area contributed by atoms with E-state index >= 15 is 0 Å². The number of ketones is 1. The Kier molecular flexibility index (Phi) is 3.42. The van der Waals surface area contributed by atoms with Crippen LogP contribution >= 0.6 is 0 Å². The van der Waals surface area contributed by atoms with Crippen molar-refractivity contribution in [1.29, 1.82) is 0 Å². The predicted molar refractivity (Wildman–Crippen MR) is 99.0 cm³/mol. The Hall–Kier alpha value is -2.93. The van der Waals surface area contributed by atoms with E-state index in [2.05, 4.69) is 50.2 Å². The molecule has 0 atom stereocenters. The Morgan fingerprint density at radius 3 is 2.00 bits per heavy atom. The first kappa shape index (κ1) is 14.6. The number of carbonyl (C=O) groups excluding carboxylic acids is 1. The van der Waals surface area contributed by atoms with Crippen LogP contribution in [0.25, 0.3) is 11.1 Å². The van der Waals surface area contributed by atoms with Crippen LogP contribution in [-0.4, -0.2) is 5.78 Å². The maximum Gasteiger partial charge on any atom is 0.194 e. The fraction of sp³-hybridized carbons (Fsp3) is 0.0870. The van der Waals surface area contributed by atoms with E-state index in [1.54, 1.807) is 0 Å². The number of carbonyl (C=O) groups is 1. The first-order chi connectivity index (χ1) is 11.6. The molecule has 116 valence electrons. The highest BCUT2D eigenvalue weighted by Gasteiger charge is 2.30. The highest BCUT2D eigenvalue weighted by Crippen LogP contribution is 2.42. The van der Waals surface area contributed by atoms with Gasteiger partial charge in [-0.15, -0.1) is 0 Å². The van der Waals surface area contributed by atoms with Gasteiger partial charge in [0.25, 0.3) is 0 Å². The second kappa shape index (κ2) is 5.61. The molecule has 1 aliphatic rings. The summed E-state index contributed by atoms with van der Waals surface area (Å²) >= 11 is 0. The molecule has 0 amide bonds. The van der Waals surface area contributed by atoms with Crippen LogP contribution in [0.4, 0.5) is 0 Å². The zero-order chi connectivity index (χ0) is 16.7. The predicted octanol–water partition coefficient (Wildman–Crippen LogP) is 5.46. The van der Waals surface area contributed by atoms with Crippen molar-refractivity contribution in [2.24, 2.45) is 0 Å². The zero-order valence-electron chi connectivity index (χ0n) is 13.8. The molecule has 0 N–H and O–H groups in total. The Morgan fingerprint density at radius 1 is 0.583 bits per heavy atom. The van der Waals surface area contributed by atoms with Crippen LogP contribution in [0, 0.1) is 13.8 Å². The molecule has 0 unspecified atom stereocenters. The summed E-state index contributed by atoms with van der Waals surface area (Å²) < 4.78 is 0. The summed E-state index contributed by atoms with van der Waals surface area (Å²) in [6.07, 6.45) is 0. The van der Waals surface area contributed by atoms with Gasteiger partial charge < -0.3 is 0 Å². The summed E-state index contributed by atoms with van der Waals surface area (Å²) in [5.74, 6) is 0.117. The van der Waals surface area contributed by atoms with E-state index in [4.69, 9.17) is 0 Å². The maximum absolute atomic E-state index is 13.1. The molecular weight excluding hydrogens is 292 g/mol. The highest BCUT2D eigenvalue weighted by molar-refractivity contribution is 6.41. The second-order valence-electron chi connectivity index (χ2n) is 6.36. The van der Waals surface area contributed by atoms with Gasteiger partial charge in [0.2, 0.25) is 0 Å². The van der Waals surface area contributed by atoms with Gasteiger partial charge in [-0.2, -0.15) is 0 Å². The smallest absolute Gasteiger partial charge is 0.194 e. The van der Waals surface area contributed by atoms with Gasteiger partial charge in [-0.05, 0) is 30.5 Å². The molecule has 0 fully saturated rings. The summed E-state index contributed by atoms with van der Waals surface area (Å²) in [6.45, 7) is 4.13. The summed E-state index contributed by atoms with van der Waals surface area (Å²) in [6, 6.07) is 24.5. The van der Waals surface area contributed by atoms with E-state index < -0.39 is 0 Å². The lowest BCUT2D eigenvalue weighted by Crippen LogP contribution is -1.98. The van der Waals surface area contributed by atoms with Crippen molar-refractivity contribution in [3.05, 3.63) is 106 Å². The van der Waals surface area contributed by atoms with Crippen molar-refractivity contribution in [2.75, 3.05) is 0 Å². The molecule has 4 rings (SSSR count). The number of fused-ring (bicyclic) bond motifs is 1. The number of hydrogen-bond acceptors (Lipinski definition) is 1. The SMILES string of the molecule is Cc1ccc(C2=C(c3cccc(C)c3)C(=O)c3ccccc32)cc1. The van der Waals surface area contributed by atoms with Gasteiger partial charge in [0, 0.05) is 16.7 Å². The molecule has 1 heteroatoms. The van der Waals surface area contributed by atoms with E-state index in [-0.39, 0.29) is 5.78 Å². The third kappa shape index (κ3) is 2.30. The zero-order valence-corrected chi connectivity index (χ0v) is 13.8. The van der Waals surface area contributed by atoms with E-state index in [0.717, 1.165) is 39.0 Å². The molecule has 0 bridgehead atoms. The first-order valence-electron chi connectivity index (χ1n) is 8.17. The largest absolute Gasteiger partial charge is 0.289 e. The average Bonchev–Trinajstić information content (AvgIpc) is 2.89. The molecule has 0 heterocycles. The Bertz CT molecular complexity index is 975. The minimum Gasteiger partial charge on any atom is -0.289 e. The molecule has 0 saturated carbocycles. The molecule has 0 radical (unpaired) electrons. The summed E-state index contributed by atoms with van der Waals surface area (Å²) in [5.41, 5.74) is 8.14. The standard InChI is InChI=1S/C23H18O/c1-15-10-12-17(13-11-15)21-19-8-3-4-9-20(19)23(24)22(21)18-7-5-6-16(2)14-18/h3-14H,1-2H3. The number of aryl methyl sites for hydroxylation is 2. The number of allylic oxidation sites excluding steroid dienone is 1. The number of benzene rings is 3. The number of Topliss-reactive ketones (excluding diaryl/α,β-unsaturated/α-hetero) is 1. The maximum atomic E-state index is 13.1. The van der Waals surface area contributed by atoms with Crippen LogP contribution in [0.15, 0.2) is 72.8 Å². The quantitative estimate of drug-likeness (QED) is 0.614. The average molecular weight is 310 g/mol. The van der Waals surface area contributed by atoms with Crippen LogP contribution in [0.1, 0.15) is 38.2 Å². The summed E-state index contributed by atoms with van der Waals surface area (Å²) in [7, 11) is 0. The molecule has 0 aliphatic heterocycles. The van der Waals surface area contributed by atoms with E-state index in [1.807, 2.05) is 36.4 Å². The molecule has 3 aromatic rings. The molecule has 0 saturated heterocycles. The fourth-order valence-electron chi connectivity index (χ4n) is 3.38. The Balaban J connectivity index is 2.03. The van der Waals surface area contributed by atoms with Gasteiger partial charge >= 0.3 is 0 Å². The van der Waals surface area contributed by atoms with Crippen LogP contribution in [-0.2, 0) is 0 Å². The van der Waals surface area contributed by atoms with Gasteiger partial charge in [-0.3, -0.25) is 4.79 Å². The van der Waals surface area contributed by atoms with Crippen LogP contribution in [0.3, 0.4) is 0 Å². The van der Waals surface area contributed by atoms with Crippen molar-refractivity contribution in [3.8, 4) is 0 Å². The van der Waals surface area contributed by atoms with Gasteiger partial charge in [0.1, 0.15) is 0 Å². The van der Waals surface area contributed by atoms with E-state index in [9.17, 15) is 4.79 Å². The topological polar surface area (TPSA) is 17.1 Å². The third-order valence-electron chi connectivity index (χ3n) is 4.57. The van der Waals surface area contributed by atoms with Crippen LogP contribution in [0.2, 0.25) is 0 Å². The molecule has 0 aromatic heterocycles.